The van der Waals surface area contributed by atoms with Crippen molar-refractivity contribution in [2.24, 2.45) is 7.05 Å². The lowest BCUT2D eigenvalue weighted by Crippen LogP contribution is -2.42. The Hall–Kier alpha value is -3.55. The highest BCUT2D eigenvalue weighted by molar-refractivity contribution is 5.90. The molecule has 4 heterocycles. The van der Waals surface area contributed by atoms with Crippen molar-refractivity contribution in [3.63, 3.8) is 0 Å². The molecule has 0 bridgehead atoms. The molecule has 1 aliphatic rings. The van der Waals surface area contributed by atoms with Crippen LogP contribution in [0.4, 0.5) is 0 Å². The number of benzene rings is 1. The molecule has 1 aliphatic heterocycles. The Bertz CT molecular complexity index is 1250. The number of hydrogen-bond acceptors (Lipinski definition) is 6. The summed E-state index contributed by atoms with van der Waals surface area (Å²) >= 11 is 0. The van der Waals surface area contributed by atoms with Gasteiger partial charge in [-0.1, -0.05) is 12.1 Å². The fraction of sp³-hybridized carbons (Fsp3) is 0.286. The van der Waals surface area contributed by atoms with Crippen LogP contribution in [0.15, 0.2) is 43.0 Å². The van der Waals surface area contributed by atoms with Crippen LogP contribution in [0.1, 0.15) is 30.8 Å². The first-order valence-corrected chi connectivity index (χ1v) is 9.42. The summed E-state index contributed by atoms with van der Waals surface area (Å²) < 4.78 is 9.32. The molecule has 146 valence electrons. The number of ether oxygens (including phenoxy) is 1. The molecule has 0 saturated carbocycles. The summed E-state index contributed by atoms with van der Waals surface area (Å²) in [5, 5.41) is 8.80. The van der Waals surface area contributed by atoms with Gasteiger partial charge in [-0.2, -0.15) is 10.2 Å². The maximum Gasteiger partial charge on any atom is 0.182 e. The Morgan fingerprint density at radius 2 is 2.14 bits per heavy atom. The number of ketones is 1. The maximum absolute atomic E-state index is 12.3. The first-order valence-electron chi connectivity index (χ1n) is 9.42. The summed E-state index contributed by atoms with van der Waals surface area (Å²) in [6.45, 7) is 3.61. The van der Waals surface area contributed by atoms with Gasteiger partial charge in [0.2, 0.25) is 0 Å². The van der Waals surface area contributed by atoms with E-state index in [2.05, 4.69) is 15.2 Å². The molecule has 0 saturated heterocycles. The van der Waals surface area contributed by atoms with E-state index in [1.165, 1.54) is 0 Å². The third kappa shape index (κ3) is 3.06. The number of carbonyl (C=O) groups excluding carboxylic acids is 1. The second kappa shape index (κ2) is 6.23. The van der Waals surface area contributed by atoms with Gasteiger partial charge >= 0.3 is 0 Å². The van der Waals surface area contributed by atoms with Crippen LogP contribution >= 0.6 is 0 Å². The third-order valence-electron chi connectivity index (χ3n) is 5.15. The van der Waals surface area contributed by atoms with E-state index in [4.69, 9.17) is 9.72 Å². The molecule has 0 atom stereocenters. The van der Waals surface area contributed by atoms with Gasteiger partial charge in [0.15, 0.2) is 22.9 Å². The minimum absolute atomic E-state index is 0.0835. The lowest BCUT2D eigenvalue weighted by Gasteiger charge is -2.31. The smallest absolute Gasteiger partial charge is 0.182 e. The van der Waals surface area contributed by atoms with Gasteiger partial charge in [-0.05, 0) is 25.5 Å². The Balaban J connectivity index is 1.47. The molecule has 8 nitrogen and oxygen atoms in total. The average Bonchev–Trinajstić information content (AvgIpc) is 3.28. The molecule has 0 aliphatic carbocycles. The van der Waals surface area contributed by atoms with Gasteiger partial charge in [0, 0.05) is 49.6 Å². The van der Waals surface area contributed by atoms with Crippen LogP contribution < -0.4 is 4.74 Å². The third-order valence-corrected chi connectivity index (χ3v) is 5.15. The molecule has 5 rings (SSSR count). The molecule has 29 heavy (non-hydrogen) atoms. The summed E-state index contributed by atoms with van der Waals surface area (Å²) in [6, 6.07) is 5.93. The Morgan fingerprint density at radius 3 is 2.93 bits per heavy atom. The zero-order valence-electron chi connectivity index (χ0n) is 16.5. The van der Waals surface area contributed by atoms with E-state index >= 15 is 0 Å². The summed E-state index contributed by atoms with van der Waals surface area (Å²) in [6.07, 6.45) is 8.09. The second-order valence-corrected chi connectivity index (χ2v) is 7.81. The summed E-state index contributed by atoms with van der Waals surface area (Å²) in [7, 11) is 1.87. The van der Waals surface area contributed by atoms with Crippen LogP contribution in [-0.4, -0.2) is 40.7 Å². The van der Waals surface area contributed by atoms with E-state index in [0.29, 0.717) is 24.3 Å². The highest BCUT2D eigenvalue weighted by atomic mass is 16.5. The number of hydrogen-bond donors (Lipinski definition) is 0. The highest BCUT2D eigenvalue weighted by Crippen LogP contribution is 2.32. The number of aryl methyl sites for hydroxylation is 1. The van der Waals surface area contributed by atoms with Gasteiger partial charge in [0.05, 0.1) is 6.20 Å². The largest absolute Gasteiger partial charge is 0.480 e. The van der Waals surface area contributed by atoms with E-state index in [1.807, 2.05) is 31.4 Å². The number of fused-ring (bicyclic) bond motifs is 2. The molecular formula is C21H20N6O2. The quantitative estimate of drug-likeness (QED) is 0.536. The SMILES string of the molecule is Cn1cc(-c2nccn3nc(Cc4ccc5c(c4)CC(=O)C(C)(C)O5)nc23)cn1. The summed E-state index contributed by atoms with van der Waals surface area (Å²) in [5.41, 5.74) is 3.50. The van der Waals surface area contributed by atoms with Gasteiger partial charge in [0.1, 0.15) is 11.4 Å². The molecule has 8 heteroatoms. The second-order valence-electron chi connectivity index (χ2n) is 7.81. The van der Waals surface area contributed by atoms with Gasteiger partial charge in [-0.25, -0.2) is 9.50 Å². The molecular weight excluding hydrogens is 368 g/mol. The van der Waals surface area contributed by atoms with E-state index < -0.39 is 5.60 Å². The van der Waals surface area contributed by atoms with Crippen molar-refractivity contribution in [3.05, 3.63) is 59.9 Å². The van der Waals surface area contributed by atoms with Crippen LogP contribution in [0.5, 0.6) is 5.75 Å². The maximum atomic E-state index is 12.3. The highest BCUT2D eigenvalue weighted by Gasteiger charge is 2.35. The van der Waals surface area contributed by atoms with Crippen molar-refractivity contribution in [1.82, 2.24) is 29.4 Å². The topological polar surface area (TPSA) is 87.2 Å². The van der Waals surface area contributed by atoms with E-state index in [-0.39, 0.29) is 5.78 Å². The number of Topliss-reactive ketones (excluding diaryl/α,β-unsaturated/α-hetero) is 1. The number of aromatic nitrogens is 6. The Kier molecular flexibility index (Phi) is 3.77. The van der Waals surface area contributed by atoms with Crippen LogP contribution in [0.2, 0.25) is 0 Å². The van der Waals surface area contributed by atoms with Gasteiger partial charge in [-0.3, -0.25) is 14.5 Å². The predicted octanol–water partition coefficient (Wildman–Crippen LogP) is 2.40. The minimum atomic E-state index is -0.770. The Morgan fingerprint density at radius 1 is 1.28 bits per heavy atom. The number of carbonyl (C=O) groups is 1. The van der Waals surface area contributed by atoms with Crippen LogP contribution in [-0.2, 0) is 24.7 Å². The zero-order valence-corrected chi connectivity index (χ0v) is 16.5. The van der Waals surface area contributed by atoms with Crippen molar-refractivity contribution < 1.29 is 9.53 Å². The fourth-order valence-electron chi connectivity index (χ4n) is 3.56. The van der Waals surface area contributed by atoms with Crippen molar-refractivity contribution in [3.8, 4) is 17.0 Å². The van der Waals surface area contributed by atoms with Gasteiger partial charge < -0.3 is 4.74 Å². The molecule has 0 radical (unpaired) electrons. The van der Waals surface area contributed by atoms with Crippen LogP contribution in [0.3, 0.4) is 0 Å². The monoisotopic (exact) mass is 388 g/mol. The van der Waals surface area contributed by atoms with E-state index in [1.54, 1.807) is 41.6 Å². The van der Waals surface area contributed by atoms with Crippen molar-refractivity contribution in [2.45, 2.75) is 32.3 Å². The molecule has 3 aromatic heterocycles. The summed E-state index contributed by atoms with van der Waals surface area (Å²) in [4.78, 5) is 21.4. The van der Waals surface area contributed by atoms with Crippen LogP contribution in [0, 0.1) is 0 Å². The van der Waals surface area contributed by atoms with Crippen LogP contribution in [0.25, 0.3) is 16.9 Å². The lowest BCUT2D eigenvalue weighted by atomic mass is 9.91. The first kappa shape index (κ1) is 17.5. The molecule has 1 aromatic carbocycles. The van der Waals surface area contributed by atoms with Crippen molar-refractivity contribution in [2.75, 3.05) is 0 Å². The standard InChI is InChI=1S/C21H20N6O2/c1-21(2)17(28)10-14-8-13(4-5-16(14)29-21)9-18-24-20-19(15-11-23-26(3)12-15)22-6-7-27(20)25-18/h4-8,11-12H,9-10H2,1-3H3. The minimum Gasteiger partial charge on any atom is -0.480 e. The summed E-state index contributed by atoms with van der Waals surface area (Å²) in [5.74, 6) is 1.54. The number of nitrogens with zero attached hydrogens (tertiary/aromatic N) is 6. The lowest BCUT2D eigenvalue weighted by molar-refractivity contribution is -0.132. The molecule has 4 aromatic rings. The first-order chi connectivity index (χ1) is 13.9. The molecule has 0 fully saturated rings. The Labute approximate surface area is 167 Å². The van der Waals surface area contributed by atoms with Crippen molar-refractivity contribution >= 4 is 11.4 Å². The molecule has 0 N–H and O–H groups in total. The zero-order chi connectivity index (χ0) is 20.2. The molecule has 0 spiro atoms. The van der Waals surface area contributed by atoms with E-state index in [9.17, 15) is 4.79 Å². The van der Waals surface area contributed by atoms with Crippen molar-refractivity contribution in [1.29, 1.82) is 0 Å². The average molecular weight is 388 g/mol. The van der Waals surface area contributed by atoms with E-state index in [0.717, 1.165) is 28.1 Å². The van der Waals surface area contributed by atoms with Gasteiger partial charge in [-0.15, -0.1) is 0 Å². The molecule has 0 unspecified atom stereocenters. The molecule has 0 amide bonds. The normalized spacial score (nSPS) is 15.3. The number of rotatable bonds is 3. The fourth-order valence-corrected chi connectivity index (χ4v) is 3.56. The van der Waals surface area contributed by atoms with Gasteiger partial charge in [0.25, 0.3) is 0 Å². The predicted molar refractivity (Wildman–Crippen MR) is 106 cm³/mol.